The monoisotopic (exact) mass is 169 g/mol. The largest absolute Gasteiger partial charge is 0.264 e. The SMILES string of the molecule is [2H][13C]([2H])([2H])N(CCc1ccccn1)N=O. The highest BCUT2D eigenvalue weighted by Crippen LogP contribution is 1.95. The Balaban J connectivity index is 2.52. The van der Waals surface area contributed by atoms with E-state index in [-0.39, 0.29) is 6.54 Å². The number of aromatic nitrogens is 1. The van der Waals surface area contributed by atoms with Crippen molar-refractivity contribution in [3.8, 4) is 0 Å². The van der Waals surface area contributed by atoms with Gasteiger partial charge in [0, 0.05) is 35.9 Å². The lowest BCUT2D eigenvalue weighted by molar-refractivity contribution is 0.352. The van der Waals surface area contributed by atoms with Gasteiger partial charge in [0.1, 0.15) is 0 Å². The predicted molar refractivity (Wildman–Crippen MR) is 46.4 cm³/mol. The molecule has 12 heavy (non-hydrogen) atoms. The zero-order valence-corrected chi connectivity index (χ0v) is 6.47. The van der Waals surface area contributed by atoms with Crippen LogP contribution in [0.3, 0.4) is 0 Å². The van der Waals surface area contributed by atoms with E-state index in [1.54, 1.807) is 24.4 Å². The summed E-state index contributed by atoms with van der Waals surface area (Å²) >= 11 is 0. The Labute approximate surface area is 75.4 Å². The molecule has 0 unspecified atom stereocenters. The third-order valence-electron chi connectivity index (χ3n) is 1.40. The lowest BCUT2D eigenvalue weighted by Crippen LogP contribution is -2.14. The lowest BCUT2D eigenvalue weighted by atomic mass is 10.3. The van der Waals surface area contributed by atoms with Crippen LogP contribution in [0.4, 0.5) is 0 Å². The van der Waals surface area contributed by atoms with E-state index in [0.717, 1.165) is 5.69 Å². The second-order valence-corrected chi connectivity index (χ2v) is 2.28. The molecule has 1 aromatic rings. The van der Waals surface area contributed by atoms with E-state index in [9.17, 15) is 4.91 Å². The molecule has 0 spiro atoms. The van der Waals surface area contributed by atoms with Crippen LogP contribution in [0.25, 0.3) is 0 Å². The minimum atomic E-state index is -2.48. The first-order valence-corrected chi connectivity index (χ1v) is 3.55. The van der Waals surface area contributed by atoms with Crippen LogP contribution in [-0.2, 0) is 6.42 Å². The normalized spacial score (nSPS) is 14.2. The van der Waals surface area contributed by atoms with Gasteiger partial charge < -0.3 is 0 Å². The number of hydrogen-bond donors (Lipinski definition) is 0. The predicted octanol–water partition coefficient (Wildman–Crippen LogP) is 1.24. The Morgan fingerprint density at radius 3 is 3.25 bits per heavy atom. The first-order valence-electron chi connectivity index (χ1n) is 5.05. The van der Waals surface area contributed by atoms with Crippen molar-refractivity contribution in [2.75, 3.05) is 13.5 Å². The summed E-state index contributed by atoms with van der Waals surface area (Å²) in [6.45, 7) is -2.44. The van der Waals surface area contributed by atoms with Gasteiger partial charge in [-0.1, -0.05) is 6.07 Å². The molecule has 4 heteroatoms. The molecule has 1 aromatic heterocycles. The smallest absolute Gasteiger partial charge is 0.0521 e. The lowest BCUT2D eigenvalue weighted by Gasteiger charge is -2.06. The van der Waals surface area contributed by atoms with E-state index in [0.29, 0.717) is 11.4 Å². The molecule has 0 radical (unpaired) electrons. The summed E-state index contributed by atoms with van der Waals surface area (Å²) in [6, 6.07) is 5.34. The Bertz CT molecular complexity index is 315. The number of nitrogens with zero attached hydrogens (tertiary/aromatic N) is 3. The zero-order chi connectivity index (χ0) is 11.3. The van der Waals surface area contributed by atoms with Gasteiger partial charge in [-0.3, -0.25) is 9.99 Å². The first kappa shape index (κ1) is 5.24. The van der Waals surface area contributed by atoms with E-state index < -0.39 is 6.98 Å². The summed E-state index contributed by atoms with van der Waals surface area (Å²) in [5.74, 6) is 0. The molecule has 0 saturated heterocycles. The maximum atomic E-state index is 10.3. The van der Waals surface area contributed by atoms with Crippen LogP contribution < -0.4 is 0 Å². The number of likely N-dealkylation sites (N-methyl/N-ethyl adjacent to an activating group) is 1. The van der Waals surface area contributed by atoms with Crippen molar-refractivity contribution >= 4 is 0 Å². The standard InChI is InChI=1S/C8H11N3O/c1-11(10-12)7-5-8-4-2-3-6-9-8/h2-4,6H,5,7H2,1H3/i1+1D3. The molecule has 0 bridgehead atoms. The van der Waals surface area contributed by atoms with Crippen molar-refractivity contribution in [3.63, 3.8) is 0 Å². The highest BCUT2D eigenvalue weighted by atomic mass is 16.3. The third-order valence-corrected chi connectivity index (χ3v) is 1.40. The number of rotatable bonds is 4. The molecule has 1 rings (SSSR count). The van der Waals surface area contributed by atoms with Gasteiger partial charge in [-0.25, -0.2) is 0 Å². The van der Waals surface area contributed by atoms with E-state index in [1.165, 1.54) is 0 Å². The summed E-state index contributed by atoms with van der Waals surface area (Å²) in [6.07, 6.45) is 1.99. The highest BCUT2D eigenvalue weighted by molar-refractivity contribution is 5.03. The van der Waals surface area contributed by atoms with Crippen LogP contribution in [0.15, 0.2) is 29.7 Å². The second kappa shape index (κ2) is 4.43. The van der Waals surface area contributed by atoms with Crippen LogP contribution in [0, 0.1) is 4.91 Å². The molecule has 0 aliphatic rings. The minimum absolute atomic E-state index is 0.0387. The van der Waals surface area contributed by atoms with E-state index in [1.807, 2.05) is 0 Å². The van der Waals surface area contributed by atoms with Crippen molar-refractivity contribution in [2.24, 2.45) is 5.29 Å². The minimum Gasteiger partial charge on any atom is -0.264 e. The summed E-state index contributed by atoms with van der Waals surface area (Å²) in [5.41, 5.74) is 0.732. The van der Waals surface area contributed by atoms with Crippen molar-refractivity contribution in [1.29, 1.82) is 0 Å². The molecule has 0 saturated carbocycles. The van der Waals surface area contributed by atoms with Crippen molar-refractivity contribution in [3.05, 3.63) is 35.0 Å². The van der Waals surface area contributed by atoms with Gasteiger partial charge in [0.05, 0.1) is 5.29 Å². The number of pyridine rings is 1. The molecule has 4 nitrogen and oxygen atoms in total. The molecule has 0 aliphatic carbocycles. The van der Waals surface area contributed by atoms with Crippen LogP contribution in [-0.4, -0.2) is 23.5 Å². The quantitative estimate of drug-likeness (QED) is 0.387. The third kappa shape index (κ3) is 2.65. The number of hydrogen-bond acceptors (Lipinski definition) is 3. The Hall–Kier alpha value is -1.45. The van der Waals surface area contributed by atoms with Gasteiger partial charge in [-0.15, -0.1) is 4.91 Å². The van der Waals surface area contributed by atoms with Gasteiger partial charge in [0.2, 0.25) is 0 Å². The Morgan fingerprint density at radius 1 is 1.75 bits per heavy atom. The molecule has 0 atom stereocenters. The zero-order valence-electron chi connectivity index (χ0n) is 9.47. The molecule has 0 fully saturated rings. The molecule has 1 heterocycles. The van der Waals surface area contributed by atoms with Crippen LogP contribution in [0.1, 0.15) is 9.81 Å². The van der Waals surface area contributed by atoms with Crippen LogP contribution >= 0.6 is 0 Å². The molecule has 0 amide bonds. The number of nitroso groups, excluding NO2 is 1. The Morgan fingerprint density at radius 2 is 2.67 bits per heavy atom. The van der Waals surface area contributed by atoms with Gasteiger partial charge in [-0.2, -0.15) is 0 Å². The van der Waals surface area contributed by atoms with Crippen LogP contribution in [0.2, 0.25) is 0 Å². The fraction of sp³-hybridized carbons (Fsp3) is 0.375. The van der Waals surface area contributed by atoms with Gasteiger partial charge in [0.25, 0.3) is 0 Å². The van der Waals surface area contributed by atoms with Crippen molar-refractivity contribution < 1.29 is 4.11 Å². The maximum Gasteiger partial charge on any atom is 0.0521 e. The summed E-state index contributed by atoms with van der Waals surface area (Å²) in [7, 11) is 0. The molecule has 0 N–H and O–H groups in total. The van der Waals surface area contributed by atoms with E-state index in [4.69, 9.17) is 4.11 Å². The molecule has 0 aliphatic heterocycles. The maximum absolute atomic E-state index is 10.3. The first-order chi connectivity index (χ1) is 7.04. The average Bonchev–Trinajstić information content (AvgIpc) is 2.18. The van der Waals surface area contributed by atoms with Gasteiger partial charge >= 0.3 is 0 Å². The highest BCUT2D eigenvalue weighted by Gasteiger charge is 1.96. The van der Waals surface area contributed by atoms with E-state index >= 15 is 0 Å². The summed E-state index contributed by atoms with van der Waals surface area (Å²) < 4.78 is 21.0. The second-order valence-electron chi connectivity index (χ2n) is 2.28. The summed E-state index contributed by atoms with van der Waals surface area (Å²) in [5, 5.41) is 3.01. The van der Waals surface area contributed by atoms with Crippen LogP contribution in [0.5, 0.6) is 0 Å². The van der Waals surface area contributed by atoms with E-state index in [2.05, 4.69) is 10.3 Å². The molecule has 64 valence electrons. The van der Waals surface area contributed by atoms with Crippen molar-refractivity contribution in [2.45, 2.75) is 6.42 Å². The van der Waals surface area contributed by atoms with Crippen molar-refractivity contribution in [1.82, 2.24) is 9.99 Å². The fourth-order valence-electron chi connectivity index (χ4n) is 0.807. The molecular formula is C8H11N3O. The molecule has 0 aromatic carbocycles. The molecular weight excluding hydrogens is 155 g/mol. The van der Waals surface area contributed by atoms with Gasteiger partial charge in [0.15, 0.2) is 0 Å². The topological polar surface area (TPSA) is 45.6 Å². The fourth-order valence-corrected chi connectivity index (χ4v) is 0.807. The van der Waals surface area contributed by atoms with Gasteiger partial charge in [-0.05, 0) is 12.1 Å². The summed E-state index contributed by atoms with van der Waals surface area (Å²) in [4.78, 5) is 14.3. The average molecular weight is 169 g/mol. The Kier molecular flexibility index (Phi) is 1.94.